The standard InChI is InChI=1S/C15H18Cl2O2/c1-14(2,3)11-15(17,9-4-10-18)19-13-7-5-12(16)6-8-13/h4-10H,11H2,1-3H3. The molecule has 0 amide bonds. The molecule has 1 aromatic rings. The molecular formula is C15H18Cl2O2. The highest BCUT2D eigenvalue weighted by Crippen LogP contribution is 2.35. The van der Waals surface area contributed by atoms with Crippen LogP contribution in [0.25, 0.3) is 0 Å². The first-order valence-corrected chi connectivity index (χ1v) is 6.76. The van der Waals surface area contributed by atoms with Gasteiger partial charge in [0.1, 0.15) is 12.0 Å². The van der Waals surface area contributed by atoms with E-state index in [0.717, 1.165) is 0 Å². The van der Waals surface area contributed by atoms with Gasteiger partial charge in [0.15, 0.2) is 0 Å². The van der Waals surface area contributed by atoms with Gasteiger partial charge in [-0.2, -0.15) is 0 Å². The number of alkyl halides is 1. The number of halogens is 2. The van der Waals surface area contributed by atoms with E-state index < -0.39 is 5.06 Å². The van der Waals surface area contributed by atoms with Crippen LogP contribution in [0.5, 0.6) is 5.75 Å². The molecule has 0 heterocycles. The summed E-state index contributed by atoms with van der Waals surface area (Å²) in [5, 5.41) is -0.417. The summed E-state index contributed by atoms with van der Waals surface area (Å²) in [5.41, 5.74) is -0.0403. The van der Waals surface area contributed by atoms with Crippen molar-refractivity contribution in [2.45, 2.75) is 32.3 Å². The van der Waals surface area contributed by atoms with Crippen molar-refractivity contribution < 1.29 is 9.53 Å². The molecule has 0 aromatic heterocycles. The van der Waals surface area contributed by atoms with Crippen LogP contribution in [0.2, 0.25) is 5.02 Å². The van der Waals surface area contributed by atoms with Crippen LogP contribution in [0.3, 0.4) is 0 Å². The Morgan fingerprint density at radius 2 is 1.79 bits per heavy atom. The molecule has 0 aliphatic rings. The Morgan fingerprint density at radius 3 is 2.26 bits per heavy atom. The second-order valence-corrected chi connectivity index (χ2v) is 6.65. The zero-order valence-electron chi connectivity index (χ0n) is 11.3. The Hall–Kier alpha value is -0.990. The van der Waals surface area contributed by atoms with E-state index in [-0.39, 0.29) is 5.41 Å². The van der Waals surface area contributed by atoms with E-state index in [1.54, 1.807) is 30.3 Å². The summed E-state index contributed by atoms with van der Waals surface area (Å²) in [7, 11) is 0. The van der Waals surface area contributed by atoms with E-state index in [4.69, 9.17) is 27.9 Å². The fourth-order valence-corrected chi connectivity index (χ4v) is 2.42. The van der Waals surface area contributed by atoms with Gasteiger partial charge in [-0.3, -0.25) is 4.79 Å². The molecule has 1 atom stereocenters. The van der Waals surface area contributed by atoms with Gasteiger partial charge in [0.25, 0.3) is 0 Å². The van der Waals surface area contributed by atoms with Crippen molar-refractivity contribution in [3.63, 3.8) is 0 Å². The fraction of sp³-hybridized carbons (Fsp3) is 0.400. The van der Waals surface area contributed by atoms with Crippen LogP contribution in [-0.4, -0.2) is 11.3 Å². The zero-order valence-corrected chi connectivity index (χ0v) is 12.8. The van der Waals surface area contributed by atoms with E-state index in [9.17, 15) is 4.79 Å². The third-order valence-corrected chi connectivity index (χ3v) is 2.88. The Labute approximate surface area is 124 Å². The highest BCUT2D eigenvalue weighted by molar-refractivity contribution is 6.30. The number of aldehydes is 1. The van der Waals surface area contributed by atoms with E-state index in [1.807, 2.05) is 0 Å². The van der Waals surface area contributed by atoms with Gasteiger partial charge in [0, 0.05) is 11.4 Å². The van der Waals surface area contributed by atoms with Crippen LogP contribution in [0.1, 0.15) is 27.2 Å². The molecule has 0 fully saturated rings. The van der Waals surface area contributed by atoms with E-state index in [1.165, 1.54) is 6.08 Å². The first kappa shape index (κ1) is 16.1. The minimum absolute atomic E-state index is 0.0403. The SMILES string of the molecule is CC(C)(C)CC(Cl)(C=CC=O)Oc1ccc(Cl)cc1. The van der Waals surface area contributed by atoms with E-state index in [0.29, 0.717) is 23.5 Å². The fourth-order valence-electron chi connectivity index (χ4n) is 1.73. The third kappa shape index (κ3) is 6.13. The molecule has 4 heteroatoms. The van der Waals surface area contributed by atoms with Gasteiger partial charge in [-0.1, -0.05) is 44.0 Å². The molecule has 0 bridgehead atoms. The van der Waals surface area contributed by atoms with Crippen LogP contribution in [-0.2, 0) is 4.79 Å². The number of rotatable bonds is 5. The molecule has 1 unspecified atom stereocenters. The van der Waals surface area contributed by atoms with Gasteiger partial charge in [0.05, 0.1) is 0 Å². The monoisotopic (exact) mass is 300 g/mol. The smallest absolute Gasteiger partial charge is 0.202 e. The Morgan fingerprint density at radius 1 is 1.21 bits per heavy atom. The van der Waals surface area contributed by atoms with Crippen molar-refractivity contribution in [2.24, 2.45) is 5.41 Å². The van der Waals surface area contributed by atoms with Crippen LogP contribution >= 0.6 is 23.2 Å². The lowest BCUT2D eigenvalue weighted by Crippen LogP contribution is -2.32. The maximum Gasteiger partial charge on any atom is 0.202 e. The van der Waals surface area contributed by atoms with E-state index >= 15 is 0 Å². The molecule has 0 N–H and O–H groups in total. The number of allylic oxidation sites excluding steroid dienone is 1. The highest BCUT2D eigenvalue weighted by atomic mass is 35.5. The van der Waals surface area contributed by atoms with Crippen molar-refractivity contribution >= 4 is 29.5 Å². The maximum atomic E-state index is 10.5. The van der Waals surface area contributed by atoms with Crippen molar-refractivity contribution in [3.8, 4) is 5.75 Å². The molecule has 0 saturated carbocycles. The zero-order chi connectivity index (χ0) is 14.5. The van der Waals surface area contributed by atoms with Crippen LogP contribution in [0.4, 0.5) is 0 Å². The lowest BCUT2D eigenvalue weighted by atomic mass is 9.88. The molecule has 0 aliphatic heterocycles. The molecule has 0 spiro atoms. The number of ether oxygens (including phenoxy) is 1. The van der Waals surface area contributed by atoms with Crippen LogP contribution < -0.4 is 4.74 Å². The van der Waals surface area contributed by atoms with Crippen molar-refractivity contribution in [1.29, 1.82) is 0 Å². The quantitative estimate of drug-likeness (QED) is 0.441. The molecule has 104 valence electrons. The number of hydrogen-bond donors (Lipinski definition) is 0. The van der Waals surface area contributed by atoms with Gasteiger partial charge < -0.3 is 4.74 Å². The van der Waals surface area contributed by atoms with Crippen LogP contribution in [0.15, 0.2) is 36.4 Å². The largest absolute Gasteiger partial charge is 0.468 e. The molecule has 1 aromatic carbocycles. The number of benzene rings is 1. The van der Waals surface area contributed by atoms with Gasteiger partial charge in [-0.05, 0) is 41.8 Å². The predicted octanol–water partition coefficient (Wildman–Crippen LogP) is 4.85. The minimum Gasteiger partial charge on any atom is -0.468 e. The first-order chi connectivity index (χ1) is 8.74. The van der Waals surface area contributed by atoms with Gasteiger partial charge in [-0.25, -0.2) is 0 Å². The topological polar surface area (TPSA) is 26.3 Å². The summed E-state index contributed by atoms with van der Waals surface area (Å²) in [6, 6.07) is 6.96. The summed E-state index contributed by atoms with van der Waals surface area (Å²) in [5.74, 6) is 0.610. The molecule has 1 rings (SSSR count). The van der Waals surface area contributed by atoms with Gasteiger partial charge >= 0.3 is 0 Å². The Bertz CT molecular complexity index is 446. The predicted molar refractivity (Wildman–Crippen MR) is 79.9 cm³/mol. The summed E-state index contributed by atoms with van der Waals surface area (Å²) < 4.78 is 5.80. The lowest BCUT2D eigenvalue weighted by molar-refractivity contribution is -0.104. The average Bonchev–Trinajstić information content (AvgIpc) is 2.27. The number of carbonyl (C=O) groups excluding carboxylic acids is 1. The summed E-state index contributed by atoms with van der Waals surface area (Å²) in [6.07, 6.45) is 4.18. The third-order valence-electron chi connectivity index (χ3n) is 2.30. The molecule has 2 nitrogen and oxygen atoms in total. The van der Waals surface area contributed by atoms with Crippen LogP contribution in [0, 0.1) is 5.41 Å². The molecule has 0 radical (unpaired) electrons. The van der Waals surface area contributed by atoms with Crippen molar-refractivity contribution in [3.05, 3.63) is 41.4 Å². The summed E-state index contributed by atoms with van der Waals surface area (Å²) in [6.45, 7) is 6.18. The molecule has 0 aliphatic carbocycles. The molecule has 0 saturated heterocycles. The highest BCUT2D eigenvalue weighted by Gasteiger charge is 2.32. The van der Waals surface area contributed by atoms with Gasteiger partial charge in [0.2, 0.25) is 5.06 Å². The summed E-state index contributed by atoms with van der Waals surface area (Å²) >= 11 is 12.3. The first-order valence-electron chi connectivity index (χ1n) is 6.01. The summed E-state index contributed by atoms with van der Waals surface area (Å²) in [4.78, 5) is 10.5. The number of hydrogen-bond acceptors (Lipinski definition) is 2. The second kappa shape index (κ2) is 6.44. The van der Waals surface area contributed by atoms with Crippen molar-refractivity contribution in [2.75, 3.05) is 0 Å². The normalized spacial score (nSPS) is 15.2. The molecular weight excluding hydrogens is 283 g/mol. The van der Waals surface area contributed by atoms with Crippen molar-refractivity contribution in [1.82, 2.24) is 0 Å². The maximum absolute atomic E-state index is 10.5. The second-order valence-electron chi connectivity index (χ2n) is 5.57. The van der Waals surface area contributed by atoms with E-state index in [2.05, 4.69) is 20.8 Å². The lowest BCUT2D eigenvalue weighted by Gasteiger charge is -2.31. The molecule has 19 heavy (non-hydrogen) atoms. The Kier molecular flexibility index (Phi) is 5.45. The minimum atomic E-state index is -1.05. The average molecular weight is 301 g/mol. The number of carbonyl (C=O) groups is 1. The Balaban J connectivity index is 2.93. The van der Waals surface area contributed by atoms with Gasteiger partial charge in [-0.15, -0.1) is 0 Å².